The Balaban J connectivity index is 1.64. The fraction of sp³-hybridized carbons (Fsp3) is 0.562. The molecule has 3 rings (SSSR count). The van der Waals surface area contributed by atoms with E-state index in [0.29, 0.717) is 70.4 Å². The number of rotatable bonds is 34. The second-order valence-corrected chi connectivity index (χ2v) is 21.3. The monoisotopic (exact) mass is 1010 g/mol. The number of aliphatic carboxylic acids is 1. The maximum atomic E-state index is 15.3. The van der Waals surface area contributed by atoms with E-state index < -0.39 is 55.9 Å². The van der Waals surface area contributed by atoms with Crippen LogP contribution in [-0.4, -0.2) is 156 Å². The maximum absolute atomic E-state index is 15.3. The summed E-state index contributed by atoms with van der Waals surface area (Å²) in [6.45, 7) is 13.7. The van der Waals surface area contributed by atoms with Crippen molar-refractivity contribution in [1.82, 2.24) is 25.4 Å². The zero-order chi connectivity index (χ0) is 50.6. The van der Waals surface area contributed by atoms with Crippen LogP contribution in [0.1, 0.15) is 50.9 Å². The number of thioether (sulfide) groups is 1. The predicted molar refractivity (Wildman–Crippen MR) is 262 cm³/mol. The van der Waals surface area contributed by atoms with Gasteiger partial charge in [0.1, 0.15) is 30.3 Å². The molecular weight excluding hydrogens is 935 g/mol. The molecule has 17 nitrogen and oxygen atoms in total. The van der Waals surface area contributed by atoms with E-state index in [1.165, 1.54) is 0 Å². The highest BCUT2D eigenvalue weighted by Gasteiger charge is 2.37. The Morgan fingerprint density at radius 3 is 2.12 bits per heavy atom. The molecule has 1 aromatic heterocycles. The van der Waals surface area contributed by atoms with Crippen molar-refractivity contribution < 1.29 is 61.5 Å². The summed E-state index contributed by atoms with van der Waals surface area (Å²) in [5, 5.41) is 17.9. The Kier molecular flexibility index (Phi) is 27.2. The largest absolute Gasteiger partial charge is 0.480 e. The fourth-order valence-electron chi connectivity index (χ4n) is 6.90. The molecule has 2 atom stereocenters. The Bertz CT molecular complexity index is 2030. The molecule has 0 aliphatic rings. The summed E-state index contributed by atoms with van der Waals surface area (Å²) >= 11 is 1.05. The number of carbonyl (C=O) groups is 5. The van der Waals surface area contributed by atoms with Gasteiger partial charge in [0.05, 0.1) is 84.3 Å². The SMILES string of the molecule is C[Si+](C)CCOC(=O)NCCCN(C(=O)CSC[C@H](NC(=O)CCOCCOCCOCCOCCNC(=O)CN)C(=O)O)[C@@H](c1cc(-c2cc(F)ccc2F)cn1Cc1ccccc1)C(C)(C)C. The van der Waals surface area contributed by atoms with Gasteiger partial charge in [-0.2, -0.15) is 0 Å². The number of halogens is 2. The highest BCUT2D eigenvalue weighted by atomic mass is 32.2. The Morgan fingerprint density at radius 1 is 0.841 bits per heavy atom. The minimum Gasteiger partial charge on any atom is -0.480 e. The van der Waals surface area contributed by atoms with Gasteiger partial charge in [-0.05, 0) is 41.7 Å². The van der Waals surface area contributed by atoms with E-state index in [-0.39, 0.29) is 74.8 Å². The Morgan fingerprint density at radius 2 is 1.49 bits per heavy atom. The van der Waals surface area contributed by atoms with Gasteiger partial charge in [-0.25, -0.2) is 18.4 Å². The van der Waals surface area contributed by atoms with Gasteiger partial charge in [0.25, 0.3) is 0 Å². The van der Waals surface area contributed by atoms with E-state index in [2.05, 4.69) is 29.0 Å². The van der Waals surface area contributed by atoms with Crippen molar-refractivity contribution in [3.63, 3.8) is 0 Å². The van der Waals surface area contributed by atoms with Crippen molar-refractivity contribution in [3.8, 4) is 11.1 Å². The number of benzene rings is 2. The number of carbonyl (C=O) groups excluding carboxylic acids is 4. The second kappa shape index (κ2) is 32.1. The molecule has 1 heterocycles. The van der Waals surface area contributed by atoms with Gasteiger partial charge in [0.15, 0.2) is 0 Å². The van der Waals surface area contributed by atoms with Crippen LogP contribution in [0, 0.1) is 17.0 Å². The van der Waals surface area contributed by atoms with Crippen LogP contribution in [0.4, 0.5) is 13.6 Å². The molecule has 69 heavy (non-hydrogen) atoms. The number of nitrogens with one attached hydrogen (secondary N) is 3. The molecule has 0 aliphatic heterocycles. The van der Waals surface area contributed by atoms with Gasteiger partial charge in [-0.1, -0.05) is 51.1 Å². The summed E-state index contributed by atoms with van der Waals surface area (Å²) in [5.74, 6) is -3.86. The number of ether oxygens (including phenoxy) is 5. The first-order chi connectivity index (χ1) is 33.0. The van der Waals surface area contributed by atoms with Crippen molar-refractivity contribution in [3.05, 3.63) is 83.7 Å². The highest BCUT2D eigenvalue weighted by molar-refractivity contribution is 8.00. The van der Waals surface area contributed by atoms with Crippen LogP contribution in [0.5, 0.6) is 0 Å². The summed E-state index contributed by atoms with van der Waals surface area (Å²) in [6.07, 6.45) is 1.44. The number of amides is 4. The molecule has 4 amide bonds. The van der Waals surface area contributed by atoms with Gasteiger partial charge >= 0.3 is 20.9 Å². The van der Waals surface area contributed by atoms with Gasteiger partial charge in [-0.3, -0.25) is 14.4 Å². The highest BCUT2D eigenvalue weighted by Crippen LogP contribution is 2.41. The normalized spacial score (nSPS) is 12.2. The lowest BCUT2D eigenvalue weighted by atomic mass is 9.83. The first-order valence-corrected chi connectivity index (χ1v) is 26.9. The Labute approximate surface area is 410 Å². The molecule has 382 valence electrons. The summed E-state index contributed by atoms with van der Waals surface area (Å²) in [7, 11) is -0.574. The molecule has 21 heteroatoms. The Hall–Kier alpha value is -4.90. The minimum atomic E-state index is -1.30. The van der Waals surface area contributed by atoms with E-state index in [4.69, 9.17) is 29.4 Å². The predicted octanol–water partition coefficient (Wildman–Crippen LogP) is 5.10. The van der Waals surface area contributed by atoms with Gasteiger partial charge in [0, 0.05) is 61.4 Å². The van der Waals surface area contributed by atoms with Crippen LogP contribution in [0.15, 0.2) is 60.8 Å². The summed E-state index contributed by atoms with van der Waals surface area (Å²) in [6, 6.07) is 13.5. The van der Waals surface area contributed by atoms with Gasteiger partial charge in [0.2, 0.25) is 17.7 Å². The molecule has 0 radical (unpaired) electrons. The zero-order valence-electron chi connectivity index (χ0n) is 40.5. The van der Waals surface area contributed by atoms with Crippen LogP contribution in [0.3, 0.4) is 0 Å². The number of hydrogen-bond acceptors (Lipinski definition) is 12. The first-order valence-electron chi connectivity index (χ1n) is 23.1. The van der Waals surface area contributed by atoms with E-state index in [1.54, 1.807) is 17.2 Å². The van der Waals surface area contributed by atoms with Crippen LogP contribution in [0.25, 0.3) is 11.1 Å². The molecule has 0 aliphatic carbocycles. The minimum absolute atomic E-state index is 0.0289. The maximum Gasteiger partial charge on any atom is 0.407 e. The summed E-state index contributed by atoms with van der Waals surface area (Å²) < 4.78 is 58.8. The van der Waals surface area contributed by atoms with Crippen molar-refractivity contribution in [2.45, 2.75) is 71.4 Å². The van der Waals surface area contributed by atoms with E-state index in [0.717, 1.165) is 41.6 Å². The lowest BCUT2D eigenvalue weighted by Gasteiger charge is -2.41. The molecule has 3 aromatic rings. The third-order valence-electron chi connectivity index (χ3n) is 10.3. The third kappa shape index (κ3) is 23.0. The molecule has 2 aromatic carbocycles. The third-order valence-corrected chi connectivity index (χ3v) is 12.5. The quantitative estimate of drug-likeness (QED) is 0.0389. The van der Waals surface area contributed by atoms with E-state index in [1.807, 2.05) is 55.7 Å². The number of carboxylic acids is 1. The smallest absolute Gasteiger partial charge is 0.407 e. The topological polar surface area (TPSA) is 222 Å². The number of nitrogens with zero attached hydrogens (tertiary/aromatic N) is 2. The van der Waals surface area contributed by atoms with Crippen molar-refractivity contribution >= 4 is 50.3 Å². The number of hydrogen-bond donors (Lipinski definition) is 5. The molecular formula is C48H71F2N6O11SSi+. The van der Waals surface area contributed by atoms with E-state index >= 15 is 4.39 Å². The number of carboxylic acid groups (broad SMARTS) is 1. The molecule has 0 saturated heterocycles. The fourth-order valence-corrected chi connectivity index (χ4v) is 8.33. The van der Waals surface area contributed by atoms with Crippen molar-refractivity contribution in [2.24, 2.45) is 11.1 Å². The number of alkyl carbamates (subject to hydrolysis) is 1. The molecule has 0 bridgehead atoms. The average Bonchev–Trinajstić information content (AvgIpc) is 3.70. The van der Waals surface area contributed by atoms with Crippen LogP contribution >= 0.6 is 11.8 Å². The van der Waals surface area contributed by atoms with Crippen molar-refractivity contribution in [1.29, 1.82) is 0 Å². The number of nitrogens with two attached hydrogens (primary N) is 1. The standard InChI is InChI=1S/C48H70F2N6O11SSi/c1-48(2,3)45(41-28-36(38-29-37(49)12-13-39(38)50)32-55(41)31-35-10-7-6-8-11-35)56(17-9-15-53-47(62)67-26-27-69(4)5)44(59)34-68-33-40(46(60)61)54-42(57)14-18-63-20-22-65-24-25-66-23-21-64-19-16-52-43(58)30-51/h6-8,10-13,28-29,32,40,45H,9,14-27,30-31,33-34,51H2,1-5H3,(H3-,52,53,54,57,58,60,61,62)/p+1/t40-,45-/m0/s1. The van der Waals surface area contributed by atoms with Gasteiger partial charge < -0.3 is 59.9 Å². The molecule has 0 fully saturated rings. The molecule has 6 N–H and O–H groups in total. The van der Waals surface area contributed by atoms with Crippen molar-refractivity contribution in [2.75, 3.05) is 97.1 Å². The van der Waals surface area contributed by atoms with Crippen LogP contribution < -0.4 is 21.7 Å². The first kappa shape index (κ1) is 58.4. The summed E-state index contributed by atoms with van der Waals surface area (Å²) in [5.41, 5.74) is 6.66. The lowest BCUT2D eigenvalue weighted by molar-refractivity contribution is -0.141. The van der Waals surface area contributed by atoms with Crippen LogP contribution in [-0.2, 0) is 49.4 Å². The molecule has 0 spiro atoms. The zero-order valence-corrected chi connectivity index (χ0v) is 42.3. The van der Waals surface area contributed by atoms with Gasteiger partial charge in [-0.15, -0.1) is 11.8 Å². The lowest BCUT2D eigenvalue weighted by Crippen LogP contribution is -2.45. The number of aromatic nitrogens is 1. The van der Waals surface area contributed by atoms with Crippen LogP contribution in [0.2, 0.25) is 19.1 Å². The van der Waals surface area contributed by atoms with E-state index in [9.17, 15) is 33.5 Å². The molecule has 0 saturated carbocycles. The summed E-state index contributed by atoms with van der Waals surface area (Å²) in [4.78, 5) is 64.8. The average molecular weight is 1010 g/mol. The molecule has 0 unspecified atom stereocenters. The second-order valence-electron chi connectivity index (χ2n) is 17.3.